The van der Waals surface area contributed by atoms with E-state index in [-0.39, 0.29) is 25.7 Å². The zero-order valence-corrected chi connectivity index (χ0v) is 39.5. The van der Waals surface area contributed by atoms with Crippen molar-refractivity contribution >= 4 is 33.4 Å². The Morgan fingerprint density at radius 2 is 1.60 bits per heavy atom. The van der Waals surface area contributed by atoms with E-state index in [1.165, 1.54) is 12.2 Å². The molecule has 0 radical (unpaired) electrons. The van der Waals surface area contributed by atoms with Gasteiger partial charge < -0.3 is 49.7 Å². The number of ether oxygens (including phenoxy) is 2. The quantitative estimate of drug-likeness (QED) is 0.0288. The van der Waals surface area contributed by atoms with E-state index in [1.54, 1.807) is 12.2 Å². The second kappa shape index (κ2) is 32.1. The summed E-state index contributed by atoms with van der Waals surface area (Å²) in [6, 6.07) is 0. The fraction of sp³-hybridized carbons (Fsp3) is 0.711. The van der Waals surface area contributed by atoms with Crippen molar-refractivity contribution in [2.45, 2.75) is 178 Å². The largest absolute Gasteiger partial charge is 0.472 e. The average molecular weight is 965 g/mol. The number of hydrogen-bond donors (Lipinski definition) is 8. The summed E-state index contributed by atoms with van der Waals surface area (Å²) < 4.78 is 52.0. The molecule has 20 heteroatoms. The lowest BCUT2D eigenvalue weighted by atomic mass is 9.87. The van der Waals surface area contributed by atoms with Gasteiger partial charge in [-0.3, -0.25) is 28.0 Å². The van der Waals surface area contributed by atoms with E-state index >= 15 is 0 Å². The number of carbonyl (C=O) groups excluding carboxylic acids is 3. The van der Waals surface area contributed by atoms with Gasteiger partial charge in [-0.05, 0) is 63.9 Å². The molecule has 0 amide bonds. The fourth-order valence-corrected chi connectivity index (χ4v) is 8.61. The summed E-state index contributed by atoms with van der Waals surface area (Å²) in [6.45, 7) is 2.50. The molecule has 0 aromatic carbocycles. The molecule has 0 aromatic rings. The van der Waals surface area contributed by atoms with Crippen molar-refractivity contribution in [3.8, 4) is 0 Å². The average Bonchev–Trinajstić information content (AvgIpc) is 3.25. The van der Waals surface area contributed by atoms with Crippen LogP contribution >= 0.6 is 15.6 Å². The highest BCUT2D eigenvalue weighted by Crippen LogP contribution is 2.49. The molecular weight excluding hydrogens is 890 g/mol. The van der Waals surface area contributed by atoms with E-state index < -0.39 is 107 Å². The van der Waals surface area contributed by atoms with Crippen LogP contribution in [0, 0.1) is 11.8 Å². The molecule has 1 unspecified atom stereocenters. The minimum Gasteiger partial charge on any atom is -0.462 e. The number of fused-ring (bicyclic) bond motifs is 4. The Morgan fingerprint density at radius 1 is 0.892 bits per heavy atom. The van der Waals surface area contributed by atoms with Gasteiger partial charge in [-0.15, -0.1) is 0 Å². The lowest BCUT2D eigenvalue weighted by Gasteiger charge is -2.38. The van der Waals surface area contributed by atoms with Crippen LogP contribution in [0.15, 0.2) is 60.8 Å². The molecule has 0 spiro atoms. The summed E-state index contributed by atoms with van der Waals surface area (Å²) in [5.41, 5.74) is 0. The molecule has 0 aromatic heterocycles. The number of esters is 2. The number of phosphoric acid groups is 2. The van der Waals surface area contributed by atoms with E-state index in [9.17, 15) is 63.7 Å². The van der Waals surface area contributed by atoms with Crippen molar-refractivity contribution in [2.24, 2.45) is 11.8 Å². The summed E-state index contributed by atoms with van der Waals surface area (Å²) >= 11 is 0. The van der Waals surface area contributed by atoms with E-state index in [2.05, 4.69) is 31.2 Å². The van der Waals surface area contributed by atoms with Crippen molar-refractivity contribution in [3.63, 3.8) is 0 Å². The molecule has 2 bridgehead atoms. The fourth-order valence-electron chi connectivity index (χ4n) is 7.08. The molecule has 1 aliphatic carbocycles. The Bertz CT molecular complexity index is 1640. The molecule has 18 nitrogen and oxygen atoms in total. The van der Waals surface area contributed by atoms with E-state index in [4.69, 9.17) is 23.0 Å². The van der Waals surface area contributed by atoms with Gasteiger partial charge in [-0.2, -0.15) is 0 Å². The van der Waals surface area contributed by atoms with Crippen LogP contribution < -0.4 is 0 Å². The van der Waals surface area contributed by atoms with Crippen LogP contribution in [0.5, 0.6) is 0 Å². The van der Waals surface area contributed by atoms with Crippen LogP contribution in [0.3, 0.4) is 0 Å². The summed E-state index contributed by atoms with van der Waals surface area (Å²) in [4.78, 5) is 70.3. The molecule has 0 fully saturated rings. The number of allylic oxidation sites excluding steroid dienone is 7. The first-order chi connectivity index (χ1) is 30.9. The van der Waals surface area contributed by atoms with Crippen molar-refractivity contribution in [2.75, 3.05) is 13.2 Å². The van der Waals surface area contributed by atoms with Gasteiger partial charge in [0, 0.05) is 18.8 Å². The summed E-state index contributed by atoms with van der Waals surface area (Å²) in [5, 5.41) is 56.5. The molecule has 8 N–H and O–H groups in total. The summed E-state index contributed by atoms with van der Waals surface area (Å²) in [5.74, 6) is -5.33. The van der Waals surface area contributed by atoms with Gasteiger partial charge in [-0.1, -0.05) is 113 Å². The predicted octanol–water partition coefficient (Wildman–Crippen LogP) is 5.90. The Kier molecular flexibility index (Phi) is 28.9. The number of aliphatic hydroxyl groups excluding tert-OH is 5. The second-order valence-corrected chi connectivity index (χ2v) is 19.0. The minimum absolute atomic E-state index is 0.0399. The van der Waals surface area contributed by atoms with Gasteiger partial charge in [0.05, 0.1) is 30.8 Å². The maximum Gasteiger partial charge on any atom is 0.472 e. The van der Waals surface area contributed by atoms with Crippen molar-refractivity contribution in [1.29, 1.82) is 0 Å². The number of unbranched alkanes of at least 4 members (excludes halogenated alkanes) is 8. The number of carbonyl (C=O) groups is 3. The third kappa shape index (κ3) is 24.8. The smallest absolute Gasteiger partial charge is 0.462 e. The van der Waals surface area contributed by atoms with E-state index in [0.29, 0.717) is 25.7 Å². The van der Waals surface area contributed by atoms with Crippen LogP contribution in [0.25, 0.3) is 0 Å². The van der Waals surface area contributed by atoms with Crippen LogP contribution in [0.4, 0.5) is 0 Å². The Balaban J connectivity index is 2.41. The maximum atomic E-state index is 13.8. The predicted molar refractivity (Wildman–Crippen MR) is 241 cm³/mol. The van der Waals surface area contributed by atoms with Crippen molar-refractivity contribution in [1.82, 2.24) is 0 Å². The minimum atomic E-state index is -5.75. The van der Waals surface area contributed by atoms with E-state index in [0.717, 1.165) is 76.4 Å². The number of cyclic esters (lactones) is 1. The zero-order valence-electron chi connectivity index (χ0n) is 37.7. The first-order valence-corrected chi connectivity index (χ1v) is 25.9. The summed E-state index contributed by atoms with van der Waals surface area (Å²) in [6.07, 6.45) is 9.93. The first kappa shape index (κ1) is 58.5. The molecular formula is C45H74O18P2. The second-order valence-electron chi connectivity index (χ2n) is 16.4. The van der Waals surface area contributed by atoms with Gasteiger partial charge >= 0.3 is 27.6 Å². The highest BCUT2D eigenvalue weighted by Gasteiger charge is 2.50. The van der Waals surface area contributed by atoms with Gasteiger partial charge in [0.25, 0.3) is 0 Å². The van der Waals surface area contributed by atoms with Gasteiger partial charge in [0.1, 0.15) is 31.0 Å². The van der Waals surface area contributed by atoms with Crippen LogP contribution in [0.2, 0.25) is 0 Å². The van der Waals surface area contributed by atoms with Crippen LogP contribution in [-0.2, 0) is 46.6 Å². The zero-order chi connectivity index (χ0) is 48.3. The van der Waals surface area contributed by atoms with E-state index in [1.807, 2.05) is 6.92 Å². The van der Waals surface area contributed by atoms with Gasteiger partial charge in [-0.25, -0.2) is 9.13 Å². The molecule has 65 heavy (non-hydrogen) atoms. The Labute approximate surface area is 383 Å². The molecule has 1 heterocycles. The maximum absolute atomic E-state index is 13.8. The molecule has 0 saturated carbocycles. The highest BCUT2D eigenvalue weighted by molar-refractivity contribution is 7.47. The molecule has 11 atom stereocenters. The number of hydrogen-bond acceptors (Lipinski definition) is 15. The lowest BCUT2D eigenvalue weighted by molar-refractivity contribution is -0.163. The Morgan fingerprint density at radius 3 is 2.31 bits per heavy atom. The first-order valence-electron chi connectivity index (χ1n) is 22.9. The van der Waals surface area contributed by atoms with Gasteiger partial charge in [0.2, 0.25) is 0 Å². The standard InChI is InChI=1S/C45H74O18P2/c1-3-5-7-8-9-10-11-12-13-14-15-16-22-26-39(49)61-35-31-59-38(48)25-21-18-17-20-23-33-27-30-37(47)36(29-28-34(46)24-19-6-4-2)41(51)44(62-64(54,55)56)45(43(53)42(52)40(33)50)63-65(57,58)60-32-35/h7-8,10-11,17,20,27-30,33-36,40-46,50-53H,3-6,9,12-16,18-19,21-26,31-32H2,1-2H3,(H,57,58)(H2,54,55,56)/b8-7-,11-10-,20-17-,29-28+,30-27-/t33-,34-,35+,36-,40+,41+,42-,43+,44+,45-/m0/s1. The normalized spacial score (nSPS) is 31.0. The number of ketones is 1. The molecule has 1 aliphatic heterocycles. The third-order valence-corrected chi connectivity index (χ3v) is 12.3. The lowest BCUT2D eigenvalue weighted by Crippen LogP contribution is -2.56. The molecule has 2 rings (SSSR count). The topological polar surface area (TPSA) is 293 Å². The van der Waals surface area contributed by atoms with Gasteiger partial charge in [0.15, 0.2) is 11.9 Å². The summed E-state index contributed by atoms with van der Waals surface area (Å²) in [7, 11) is -11.4. The molecule has 0 saturated heterocycles. The highest BCUT2D eigenvalue weighted by atomic mass is 31.2. The number of aliphatic hydroxyl groups is 5. The van der Waals surface area contributed by atoms with Crippen molar-refractivity contribution in [3.05, 3.63) is 60.8 Å². The monoisotopic (exact) mass is 964 g/mol. The van der Waals surface area contributed by atoms with Crippen LogP contribution in [-0.4, -0.2) is 120 Å². The van der Waals surface area contributed by atoms with Crippen molar-refractivity contribution < 1.29 is 86.8 Å². The SMILES string of the molecule is CCC/C=C\C/C=C\CCCCCCCC(=O)O[C@@H]1COC(=O)CCC/C=C\C[C@H]2/C=C\C(=O)[C@H](/C=C/[C@@H](O)CCCCC)[C@@H](O)[C@@H](OP(=O)(O)O)[C@@H](OP(=O)(O)OC1)[C@H](O)[C@@H](O)[C@@H]2O. The van der Waals surface area contributed by atoms with Crippen LogP contribution in [0.1, 0.15) is 129 Å². The number of phosphoric ester groups is 2. The molecule has 2 aliphatic rings. The third-order valence-electron chi connectivity index (χ3n) is 10.8. The Hall–Kier alpha value is -2.67. The molecule has 372 valence electrons. The number of rotatable bonds is 21.